The standard InChI is InChI=1S/C18H15FN4O4/c1-11-3-2-4-13-17(11)20-10-22(18(13)25)8-7-16(24)21-12-5-6-14(19)15(9-12)23(26)27/h2-6,9-10H,7-8H2,1H3,(H,21,24). The summed E-state index contributed by atoms with van der Waals surface area (Å²) in [6.07, 6.45) is 1.33. The van der Waals surface area contributed by atoms with E-state index in [0.717, 1.165) is 17.7 Å². The van der Waals surface area contributed by atoms with Crippen molar-refractivity contribution in [3.05, 3.63) is 74.6 Å². The average Bonchev–Trinajstić information content (AvgIpc) is 2.63. The fourth-order valence-corrected chi connectivity index (χ4v) is 2.67. The highest BCUT2D eigenvalue weighted by molar-refractivity contribution is 5.91. The maximum atomic E-state index is 13.3. The fraction of sp³-hybridized carbons (Fsp3) is 0.167. The minimum atomic E-state index is -0.984. The Labute approximate surface area is 152 Å². The molecule has 1 aromatic heterocycles. The van der Waals surface area contributed by atoms with Crippen molar-refractivity contribution < 1.29 is 14.1 Å². The van der Waals surface area contributed by atoms with Gasteiger partial charge in [-0.2, -0.15) is 4.39 Å². The first-order valence-corrected chi connectivity index (χ1v) is 8.05. The van der Waals surface area contributed by atoms with E-state index in [0.29, 0.717) is 10.9 Å². The molecule has 0 bridgehead atoms. The molecule has 0 radical (unpaired) electrons. The number of carbonyl (C=O) groups excluding carboxylic acids is 1. The highest BCUT2D eigenvalue weighted by Gasteiger charge is 2.15. The minimum Gasteiger partial charge on any atom is -0.326 e. The quantitative estimate of drug-likeness (QED) is 0.549. The van der Waals surface area contributed by atoms with Crippen LogP contribution in [-0.2, 0) is 11.3 Å². The molecule has 0 aliphatic carbocycles. The van der Waals surface area contributed by atoms with Gasteiger partial charge >= 0.3 is 5.69 Å². The highest BCUT2D eigenvalue weighted by atomic mass is 19.1. The zero-order chi connectivity index (χ0) is 19.6. The molecule has 1 amide bonds. The number of para-hydroxylation sites is 1. The SMILES string of the molecule is Cc1cccc2c(=O)n(CCC(=O)Nc3ccc(F)c([N+](=O)[O-])c3)cnc12. The second-order valence-electron chi connectivity index (χ2n) is 5.94. The summed E-state index contributed by atoms with van der Waals surface area (Å²) in [4.78, 5) is 38.7. The Morgan fingerprint density at radius 1 is 1.33 bits per heavy atom. The van der Waals surface area contributed by atoms with E-state index in [1.807, 2.05) is 13.0 Å². The van der Waals surface area contributed by atoms with Gasteiger partial charge in [0.1, 0.15) is 0 Å². The van der Waals surface area contributed by atoms with E-state index in [9.17, 15) is 24.1 Å². The van der Waals surface area contributed by atoms with Crippen LogP contribution in [0.5, 0.6) is 0 Å². The van der Waals surface area contributed by atoms with Gasteiger partial charge in [0.05, 0.1) is 22.2 Å². The molecule has 8 nitrogen and oxygen atoms in total. The molecule has 27 heavy (non-hydrogen) atoms. The molecule has 9 heteroatoms. The Kier molecular flexibility index (Phi) is 4.93. The number of carbonyl (C=O) groups is 1. The molecule has 0 fully saturated rings. The van der Waals surface area contributed by atoms with Crippen LogP contribution in [0.2, 0.25) is 0 Å². The minimum absolute atomic E-state index is 0.0515. The number of anilines is 1. The van der Waals surface area contributed by atoms with Gasteiger partial charge in [-0.15, -0.1) is 0 Å². The number of nitrogens with one attached hydrogen (secondary N) is 1. The molecule has 1 heterocycles. The lowest BCUT2D eigenvalue weighted by molar-refractivity contribution is -0.387. The number of nitro groups is 1. The first kappa shape index (κ1) is 18.2. The normalized spacial score (nSPS) is 10.7. The van der Waals surface area contributed by atoms with Gasteiger partial charge in [0, 0.05) is 24.7 Å². The van der Waals surface area contributed by atoms with Crippen LogP contribution >= 0.6 is 0 Å². The summed E-state index contributed by atoms with van der Waals surface area (Å²) in [5.74, 6) is -1.45. The number of hydrogen-bond acceptors (Lipinski definition) is 5. The van der Waals surface area contributed by atoms with E-state index in [4.69, 9.17) is 0 Å². The van der Waals surface area contributed by atoms with Gasteiger partial charge < -0.3 is 5.32 Å². The maximum Gasteiger partial charge on any atom is 0.306 e. The molecule has 2 aromatic carbocycles. The predicted molar refractivity (Wildman–Crippen MR) is 97.0 cm³/mol. The fourth-order valence-electron chi connectivity index (χ4n) is 2.67. The Morgan fingerprint density at radius 3 is 2.85 bits per heavy atom. The zero-order valence-corrected chi connectivity index (χ0v) is 14.3. The van der Waals surface area contributed by atoms with Gasteiger partial charge in [-0.1, -0.05) is 12.1 Å². The molecule has 3 rings (SSSR count). The molecule has 0 spiro atoms. The number of aromatic nitrogens is 2. The third kappa shape index (κ3) is 3.81. The summed E-state index contributed by atoms with van der Waals surface area (Å²) in [6.45, 7) is 1.94. The van der Waals surface area contributed by atoms with Crippen molar-refractivity contribution in [3.63, 3.8) is 0 Å². The van der Waals surface area contributed by atoms with E-state index >= 15 is 0 Å². The van der Waals surface area contributed by atoms with Crippen LogP contribution in [0.4, 0.5) is 15.8 Å². The Balaban J connectivity index is 1.72. The Hall–Kier alpha value is -3.62. The first-order valence-electron chi connectivity index (χ1n) is 8.05. The summed E-state index contributed by atoms with van der Waals surface area (Å²) in [5.41, 5.74) is 0.619. The van der Waals surface area contributed by atoms with Crippen LogP contribution in [0.1, 0.15) is 12.0 Å². The van der Waals surface area contributed by atoms with Crippen LogP contribution in [0, 0.1) is 22.9 Å². The van der Waals surface area contributed by atoms with Crippen molar-refractivity contribution in [2.45, 2.75) is 19.9 Å². The lowest BCUT2D eigenvalue weighted by Crippen LogP contribution is -2.23. The van der Waals surface area contributed by atoms with Crippen molar-refractivity contribution in [2.24, 2.45) is 0 Å². The number of halogens is 1. The van der Waals surface area contributed by atoms with Crippen LogP contribution in [-0.4, -0.2) is 20.4 Å². The molecule has 0 aliphatic heterocycles. The first-order chi connectivity index (χ1) is 12.9. The third-order valence-electron chi connectivity index (χ3n) is 4.06. The van der Waals surface area contributed by atoms with Gasteiger partial charge in [0.15, 0.2) is 0 Å². The van der Waals surface area contributed by atoms with Crippen molar-refractivity contribution in [1.82, 2.24) is 9.55 Å². The Bertz CT molecular complexity index is 1110. The molecule has 0 saturated heterocycles. The summed E-state index contributed by atoms with van der Waals surface area (Å²) >= 11 is 0. The second kappa shape index (κ2) is 7.32. The summed E-state index contributed by atoms with van der Waals surface area (Å²) in [6, 6.07) is 8.37. The maximum absolute atomic E-state index is 13.3. The van der Waals surface area contributed by atoms with E-state index in [-0.39, 0.29) is 24.2 Å². The van der Waals surface area contributed by atoms with Gasteiger partial charge in [0.2, 0.25) is 11.7 Å². The molecule has 0 atom stereocenters. The second-order valence-corrected chi connectivity index (χ2v) is 5.94. The number of nitrogens with zero attached hydrogens (tertiary/aromatic N) is 3. The van der Waals surface area contributed by atoms with Gasteiger partial charge in [-0.25, -0.2) is 4.98 Å². The third-order valence-corrected chi connectivity index (χ3v) is 4.06. The number of benzene rings is 2. The molecular formula is C18H15FN4O4. The van der Waals surface area contributed by atoms with Crippen molar-refractivity contribution in [3.8, 4) is 0 Å². The van der Waals surface area contributed by atoms with Crippen molar-refractivity contribution in [1.29, 1.82) is 0 Å². The smallest absolute Gasteiger partial charge is 0.306 e. The van der Waals surface area contributed by atoms with Gasteiger partial charge in [-0.05, 0) is 30.7 Å². The van der Waals surface area contributed by atoms with E-state index < -0.39 is 22.3 Å². The number of aryl methyl sites for hydroxylation is 2. The van der Waals surface area contributed by atoms with Crippen LogP contribution in [0.25, 0.3) is 10.9 Å². The topological polar surface area (TPSA) is 107 Å². The summed E-state index contributed by atoms with van der Waals surface area (Å²) in [7, 11) is 0. The number of amides is 1. The summed E-state index contributed by atoms with van der Waals surface area (Å²) in [5, 5.41) is 13.7. The van der Waals surface area contributed by atoms with E-state index in [1.165, 1.54) is 17.0 Å². The largest absolute Gasteiger partial charge is 0.326 e. The highest BCUT2D eigenvalue weighted by Crippen LogP contribution is 2.21. The van der Waals surface area contributed by atoms with Crippen LogP contribution < -0.4 is 10.9 Å². The molecule has 0 unspecified atom stereocenters. The van der Waals surface area contributed by atoms with E-state index in [2.05, 4.69) is 10.3 Å². The predicted octanol–water partition coefficient (Wildman–Crippen LogP) is 2.78. The Morgan fingerprint density at radius 2 is 2.11 bits per heavy atom. The molecule has 1 N–H and O–H groups in total. The molecule has 3 aromatic rings. The van der Waals surface area contributed by atoms with Crippen molar-refractivity contribution in [2.75, 3.05) is 5.32 Å². The molecule has 0 aliphatic rings. The number of nitro benzene ring substituents is 1. The van der Waals surface area contributed by atoms with E-state index in [1.54, 1.807) is 12.1 Å². The zero-order valence-electron chi connectivity index (χ0n) is 14.3. The lowest BCUT2D eigenvalue weighted by Gasteiger charge is -2.08. The van der Waals surface area contributed by atoms with Gasteiger partial charge in [-0.3, -0.25) is 24.3 Å². The number of rotatable bonds is 5. The molecule has 0 saturated carbocycles. The molecular weight excluding hydrogens is 355 g/mol. The number of fused-ring (bicyclic) bond motifs is 1. The van der Waals surface area contributed by atoms with Crippen LogP contribution in [0.3, 0.4) is 0 Å². The van der Waals surface area contributed by atoms with Gasteiger partial charge in [0.25, 0.3) is 5.56 Å². The lowest BCUT2D eigenvalue weighted by atomic mass is 10.1. The van der Waals surface area contributed by atoms with Crippen molar-refractivity contribution >= 4 is 28.2 Å². The monoisotopic (exact) mass is 370 g/mol. The number of hydrogen-bond donors (Lipinski definition) is 1. The summed E-state index contributed by atoms with van der Waals surface area (Å²) < 4.78 is 14.7. The molecule has 138 valence electrons. The van der Waals surface area contributed by atoms with Crippen LogP contribution in [0.15, 0.2) is 47.5 Å². The average molecular weight is 370 g/mol.